The van der Waals surface area contributed by atoms with E-state index in [0.29, 0.717) is 25.1 Å². The zero-order valence-electron chi connectivity index (χ0n) is 8.17. The lowest BCUT2D eigenvalue weighted by Crippen LogP contribution is -2.01. The Hall–Kier alpha value is -1.37. The number of carboxylic acids is 1. The van der Waals surface area contributed by atoms with Gasteiger partial charge >= 0.3 is 5.97 Å². The number of hydrogen-bond acceptors (Lipinski definition) is 4. The number of aryl methyl sites for hydroxylation is 2. The minimum atomic E-state index is -1.15. The second-order valence-corrected chi connectivity index (χ2v) is 3.53. The van der Waals surface area contributed by atoms with E-state index < -0.39 is 5.97 Å². The summed E-state index contributed by atoms with van der Waals surface area (Å²) in [5.41, 5.74) is 0. The van der Waals surface area contributed by atoms with E-state index in [-0.39, 0.29) is 10.9 Å². The van der Waals surface area contributed by atoms with Crippen LogP contribution in [-0.4, -0.2) is 31.0 Å². The maximum atomic E-state index is 10.6. The molecular weight excluding hydrogens is 218 g/mol. The highest BCUT2D eigenvalue weighted by molar-refractivity contribution is 7.96. The standard InChI is InChI=1S/C8H11N3O3S/c1-11-5(3-2-4-6(12)15)9-7(10-11)8(13)14/h2-4H2,1H3,(H,12,15)(H,13,14). The van der Waals surface area contributed by atoms with E-state index in [4.69, 9.17) is 5.11 Å². The number of aromatic carboxylic acids is 1. The van der Waals surface area contributed by atoms with Gasteiger partial charge in [-0.25, -0.2) is 9.78 Å². The first-order valence-electron chi connectivity index (χ1n) is 4.35. The lowest BCUT2D eigenvalue weighted by atomic mass is 10.2. The van der Waals surface area contributed by atoms with Crippen molar-refractivity contribution in [3.8, 4) is 0 Å². The minimum Gasteiger partial charge on any atom is -0.475 e. The van der Waals surface area contributed by atoms with E-state index in [1.54, 1.807) is 7.05 Å². The van der Waals surface area contributed by atoms with Gasteiger partial charge in [0.25, 0.3) is 5.82 Å². The van der Waals surface area contributed by atoms with E-state index in [2.05, 4.69) is 22.7 Å². The van der Waals surface area contributed by atoms with Crippen LogP contribution < -0.4 is 0 Å². The Labute approximate surface area is 91.7 Å². The number of hydrogen-bond donors (Lipinski definition) is 2. The molecule has 0 fully saturated rings. The fraction of sp³-hybridized carbons (Fsp3) is 0.500. The van der Waals surface area contributed by atoms with Crippen molar-refractivity contribution in [3.63, 3.8) is 0 Å². The maximum absolute atomic E-state index is 10.6. The molecule has 15 heavy (non-hydrogen) atoms. The minimum absolute atomic E-state index is 0.185. The van der Waals surface area contributed by atoms with Gasteiger partial charge in [0.1, 0.15) is 5.82 Å². The lowest BCUT2D eigenvalue weighted by Gasteiger charge is -1.97. The second kappa shape index (κ2) is 4.92. The number of carbonyl (C=O) groups excluding carboxylic acids is 1. The molecule has 0 unspecified atom stereocenters. The Morgan fingerprint density at radius 1 is 1.53 bits per heavy atom. The average molecular weight is 229 g/mol. The number of nitrogens with zero attached hydrogens (tertiary/aromatic N) is 3. The SMILES string of the molecule is Cn1nc(C(=O)O)nc1CCCC(=O)S. The molecule has 0 aliphatic carbocycles. The Morgan fingerprint density at radius 2 is 2.20 bits per heavy atom. The van der Waals surface area contributed by atoms with Gasteiger partial charge in [0.15, 0.2) is 5.12 Å². The molecule has 0 amide bonds. The summed E-state index contributed by atoms with van der Waals surface area (Å²) >= 11 is 3.63. The van der Waals surface area contributed by atoms with Crippen molar-refractivity contribution in [2.75, 3.05) is 0 Å². The van der Waals surface area contributed by atoms with E-state index in [9.17, 15) is 9.59 Å². The fourth-order valence-corrected chi connectivity index (χ4v) is 1.28. The summed E-state index contributed by atoms with van der Waals surface area (Å²) in [6, 6.07) is 0. The molecule has 0 bridgehead atoms. The van der Waals surface area contributed by atoms with Crippen molar-refractivity contribution in [1.29, 1.82) is 0 Å². The van der Waals surface area contributed by atoms with Gasteiger partial charge in [-0.1, -0.05) is 0 Å². The maximum Gasteiger partial charge on any atom is 0.375 e. The smallest absolute Gasteiger partial charge is 0.375 e. The summed E-state index contributed by atoms with van der Waals surface area (Å²) in [6.45, 7) is 0. The van der Waals surface area contributed by atoms with Crippen LogP contribution in [0, 0.1) is 0 Å². The predicted molar refractivity (Wildman–Crippen MR) is 54.9 cm³/mol. The normalized spacial score (nSPS) is 10.3. The molecule has 0 saturated carbocycles. The van der Waals surface area contributed by atoms with Crippen LogP contribution in [-0.2, 0) is 18.3 Å². The van der Waals surface area contributed by atoms with E-state index in [1.165, 1.54) is 4.68 Å². The first-order valence-corrected chi connectivity index (χ1v) is 4.80. The molecule has 1 aromatic rings. The number of aromatic nitrogens is 3. The quantitative estimate of drug-likeness (QED) is 0.709. The number of thiol groups is 1. The molecule has 82 valence electrons. The summed E-state index contributed by atoms with van der Waals surface area (Å²) in [6.07, 6.45) is 1.45. The van der Waals surface area contributed by atoms with Crippen LogP contribution in [0.5, 0.6) is 0 Å². The van der Waals surface area contributed by atoms with Gasteiger partial charge in [0.05, 0.1) is 0 Å². The van der Waals surface area contributed by atoms with Gasteiger partial charge in [-0.15, -0.1) is 17.7 Å². The van der Waals surface area contributed by atoms with Gasteiger partial charge in [-0.3, -0.25) is 9.48 Å². The molecule has 6 nitrogen and oxygen atoms in total. The van der Waals surface area contributed by atoms with Crippen LogP contribution >= 0.6 is 12.6 Å². The Balaban J connectivity index is 2.61. The van der Waals surface area contributed by atoms with Crippen LogP contribution in [0.15, 0.2) is 0 Å². The number of carbonyl (C=O) groups is 2. The molecule has 0 atom stereocenters. The summed E-state index contributed by atoms with van der Waals surface area (Å²) < 4.78 is 1.41. The van der Waals surface area contributed by atoms with Crippen molar-refractivity contribution in [3.05, 3.63) is 11.6 Å². The summed E-state index contributed by atoms with van der Waals surface area (Å²) in [7, 11) is 1.62. The van der Waals surface area contributed by atoms with Crippen molar-refractivity contribution in [1.82, 2.24) is 14.8 Å². The first-order chi connectivity index (χ1) is 7.00. The van der Waals surface area contributed by atoms with Crippen LogP contribution in [0.4, 0.5) is 0 Å². The third-order valence-electron chi connectivity index (χ3n) is 1.84. The van der Waals surface area contributed by atoms with Crippen molar-refractivity contribution in [2.24, 2.45) is 7.05 Å². The highest BCUT2D eigenvalue weighted by Gasteiger charge is 2.12. The zero-order chi connectivity index (χ0) is 11.4. The molecule has 0 aliphatic rings. The molecule has 0 aromatic carbocycles. The Bertz CT molecular complexity index is 388. The molecule has 1 aromatic heterocycles. The topological polar surface area (TPSA) is 85.1 Å². The van der Waals surface area contributed by atoms with Gasteiger partial charge in [-0.2, -0.15) is 0 Å². The van der Waals surface area contributed by atoms with Crippen molar-refractivity contribution >= 4 is 23.7 Å². The second-order valence-electron chi connectivity index (χ2n) is 3.03. The van der Waals surface area contributed by atoms with Crippen LogP contribution in [0.25, 0.3) is 0 Å². The van der Waals surface area contributed by atoms with E-state index in [1.807, 2.05) is 0 Å². The summed E-state index contributed by atoms with van der Waals surface area (Å²) in [5.74, 6) is -0.811. The van der Waals surface area contributed by atoms with Crippen LogP contribution in [0.3, 0.4) is 0 Å². The molecule has 0 saturated heterocycles. The zero-order valence-corrected chi connectivity index (χ0v) is 9.07. The predicted octanol–water partition coefficient (Wildman–Crippen LogP) is 0.292. The van der Waals surface area contributed by atoms with Gasteiger partial charge in [0, 0.05) is 19.9 Å². The number of rotatable bonds is 5. The Morgan fingerprint density at radius 3 is 2.67 bits per heavy atom. The third kappa shape index (κ3) is 3.35. The highest BCUT2D eigenvalue weighted by atomic mass is 32.1. The fourth-order valence-electron chi connectivity index (χ4n) is 1.12. The van der Waals surface area contributed by atoms with Gasteiger partial charge in [0.2, 0.25) is 0 Å². The molecular formula is C8H11N3O3S. The van der Waals surface area contributed by atoms with E-state index in [0.717, 1.165) is 0 Å². The first kappa shape index (κ1) is 11.7. The van der Waals surface area contributed by atoms with Crippen molar-refractivity contribution in [2.45, 2.75) is 19.3 Å². The third-order valence-corrected chi connectivity index (χ3v) is 2.06. The lowest BCUT2D eigenvalue weighted by molar-refractivity contribution is -0.110. The van der Waals surface area contributed by atoms with Gasteiger partial charge in [-0.05, 0) is 6.42 Å². The highest BCUT2D eigenvalue weighted by Crippen LogP contribution is 2.04. The number of carboxylic acid groups (broad SMARTS) is 1. The molecule has 1 N–H and O–H groups in total. The molecule has 0 radical (unpaired) electrons. The van der Waals surface area contributed by atoms with Crippen LogP contribution in [0.2, 0.25) is 0 Å². The molecule has 0 spiro atoms. The molecule has 0 aliphatic heterocycles. The summed E-state index contributed by atoms with van der Waals surface area (Å²) in [5, 5.41) is 12.2. The van der Waals surface area contributed by atoms with Crippen LogP contribution in [0.1, 0.15) is 29.3 Å². The molecule has 1 heterocycles. The largest absolute Gasteiger partial charge is 0.475 e. The Kier molecular flexibility index (Phi) is 3.84. The summed E-state index contributed by atoms with van der Waals surface area (Å²) in [4.78, 5) is 24.9. The monoisotopic (exact) mass is 229 g/mol. The average Bonchev–Trinajstić information content (AvgIpc) is 2.47. The van der Waals surface area contributed by atoms with Crippen molar-refractivity contribution < 1.29 is 14.7 Å². The van der Waals surface area contributed by atoms with Gasteiger partial charge < -0.3 is 5.11 Å². The molecule has 7 heteroatoms. The van der Waals surface area contributed by atoms with E-state index >= 15 is 0 Å². The molecule has 1 rings (SSSR count).